The third-order valence-corrected chi connectivity index (χ3v) is 5.51. The number of carboxylic acids is 1. The Morgan fingerprint density at radius 2 is 1.86 bits per heavy atom. The molecule has 0 fully saturated rings. The highest BCUT2D eigenvalue weighted by atomic mass is 35.5. The molecule has 1 unspecified atom stereocenters. The van der Waals surface area contributed by atoms with Crippen LogP contribution >= 0.6 is 23.2 Å². The first-order chi connectivity index (χ1) is 13.4. The zero-order chi connectivity index (χ0) is 20.3. The summed E-state index contributed by atoms with van der Waals surface area (Å²) in [5.41, 5.74) is 4.41. The number of benzene rings is 2. The van der Waals surface area contributed by atoms with E-state index in [1.807, 2.05) is 48.2 Å². The molecule has 28 heavy (non-hydrogen) atoms. The molecular weight excluding hydrogens is 395 g/mol. The first-order valence-electron chi connectivity index (χ1n) is 9.23. The van der Waals surface area contributed by atoms with E-state index in [2.05, 4.69) is 11.9 Å². The fourth-order valence-corrected chi connectivity index (χ4v) is 3.88. The molecule has 0 bridgehead atoms. The van der Waals surface area contributed by atoms with E-state index in [1.165, 1.54) is 0 Å². The van der Waals surface area contributed by atoms with Crippen LogP contribution in [0.25, 0.3) is 11.1 Å². The van der Waals surface area contributed by atoms with Crippen LogP contribution < -0.4 is 4.90 Å². The number of rotatable bonds is 6. The maximum Gasteiger partial charge on any atom is 0.335 e. The summed E-state index contributed by atoms with van der Waals surface area (Å²) in [4.78, 5) is 17.6. The number of halogens is 2. The minimum atomic E-state index is -0.943. The van der Waals surface area contributed by atoms with E-state index in [1.54, 1.807) is 12.1 Å². The van der Waals surface area contributed by atoms with Gasteiger partial charge in [-0.2, -0.15) is 0 Å². The van der Waals surface area contributed by atoms with Crippen LogP contribution in [0.5, 0.6) is 0 Å². The summed E-state index contributed by atoms with van der Waals surface area (Å²) in [5, 5.41) is 9.60. The zero-order valence-corrected chi connectivity index (χ0v) is 17.3. The normalized spacial score (nSPS) is 16.9. The SMILES string of the molecule is CCCCC1=C(C)C(Cl)=NC(Cl)N1c1ccccc1-c1ccc(C(=O)O)cc1. The molecule has 0 aliphatic carbocycles. The average Bonchev–Trinajstić information content (AvgIpc) is 2.69. The van der Waals surface area contributed by atoms with Gasteiger partial charge in [-0.1, -0.05) is 66.9 Å². The number of hydrogen-bond acceptors (Lipinski definition) is 3. The van der Waals surface area contributed by atoms with Crippen molar-refractivity contribution in [3.63, 3.8) is 0 Å². The molecule has 3 rings (SSSR count). The van der Waals surface area contributed by atoms with Gasteiger partial charge in [0.25, 0.3) is 0 Å². The van der Waals surface area contributed by atoms with E-state index in [-0.39, 0.29) is 5.56 Å². The molecule has 1 heterocycles. The summed E-state index contributed by atoms with van der Waals surface area (Å²) in [6.07, 6.45) is 2.93. The van der Waals surface area contributed by atoms with Gasteiger partial charge in [-0.3, -0.25) is 0 Å². The second-order valence-corrected chi connectivity index (χ2v) is 7.42. The molecule has 1 atom stereocenters. The van der Waals surface area contributed by atoms with Crippen LogP contribution in [-0.2, 0) is 0 Å². The Labute approximate surface area is 175 Å². The van der Waals surface area contributed by atoms with Gasteiger partial charge in [-0.25, -0.2) is 9.79 Å². The van der Waals surface area contributed by atoms with Crippen LogP contribution in [0.4, 0.5) is 5.69 Å². The Kier molecular flexibility index (Phi) is 6.42. The van der Waals surface area contributed by atoms with Crippen molar-refractivity contribution >= 4 is 40.0 Å². The fourth-order valence-electron chi connectivity index (χ4n) is 3.31. The Hall–Kier alpha value is -2.30. The first-order valence-corrected chi connectivity index (χ1v) is 10.0. The molecule has 0 radical (unpaired) electrons. The maximum atomic E-state index is 11.2. The molecule has 0 amide bonds. The van der Waals surface area contributed by atoms with E-state index in [0.717, 1.165) is 47.3 Å². The number of carboxylic acid groups (broad SMARTS) is 1. The third kappa shape index (κ3) is 4.08. The second-order valence-electron chi connectivity index (χ2n) is 6.68. The quantitative estimate of drug-likeness (QED) is 0.431. The number of hydrogen-bond donors (Lipinski definition) is 1. The van der Waals surface area contributed by atoms with Gasteiger partial charge in [-0.05, 0) is 43.5 Å². The molecule has 1 N–H and O–H groups in total. The number of aliphatic imine (C=N–C) groups is 1. The van der Waals surface area contributed by atoms with Gasteiger partial charge >= 0.3 is 5.97 Å². The lowest BCUT2D eigenvalue weighted by Crippen LogP contribution is -2.35. The summed E-state index contributed by atoms with van der Waals surface area (Å²) >= 11 is 12.9. The smallest absolute Gasteiger partial charge is 0.335 e. The molecule has 2 aromatic rings. The molecular formula is C22H22Cl2N2O2. The van der Waals surface area contributed by atoms with Crippen LogP contribution in [0.15, 0.2) is 64.8 Å². The van der Waals surface area contributed by atoms with Gasteiger partial charge in [0.2, 0.25) is 5.62 Å². The van der Waals surface area contributed by atoms with E-state index < -0.39 is 11.6 Å². The van der Waals surface area contributed by atoms with Crippen molar-refractivity contribution in [2.75, 3.05) is 4.90 Å². The summed E-state index contributed by atoms with van der Waals surface area (Å²) in [6.45, 7) is 4.12. The number of nitrogens with zero attached hydrogens (tertiary/aromatic N) is 2. The molecule has 146 valence electrons. The molecule has 1 aliphatic heterocycles. The minimum Gasteiger partial charge on any atom is -0.478 e. The Bertz CT molecular complexity index is 936. The highest BCUT2D eigenvalue weighted by molar-refractivity contribution is 6.70. The highest BCUT2D eigenvalue weighted by Gasteiger charge is 2.29. The van der Waals surface area contributed by atoms with Crippen LogP contribution in [0, 0.1) is 0 Å². The maximum absolute atomic E-state index is 11.2. The molecule has 6 heteroatoms. The predicted octanol–water partition coefficient (Wildman–Crippen LogP) is 6.50. The number of para-hydroxylation sites is 1. The van der Waals surface area contributed by atoms with Gasteiger partial charge in [0.05, 0.1) is 11.3 Å². The van der Waals surface area contributed by atoms with E-state index >= 15 is 0 Å². The topological polar surface area (TPSA) is 52.9 Å². The highest BCUT2D eigenvalue weighted by Crippen LogP contribution is 2.39. The molecule has 0 spiro atoms. The second kappa shape index (κ2) is 8.80. The average molecular weight is 417 g/mol. The van der Waals surface area contributed by atoms with Gasteiger partial charge in [0.1, 0.15) is 5.17 Å². The van der Waals surface area contributed by atoms with Gasteiger partial charge in [-0.15, -0.1) is 0 Å². The molecule has 0 saturated heterocycles. The molecule has 2 aromatic carbocycles. The van der Waals surface area contributed by atoms with Gasteiger partial charge in [0, 0.05) is 16.8 Å². The molecule has 1 aliphatic rings. The van der Waals surface area contributed by atoms with Crippen LogP contribution in [0.2, 0.25) is 0 Å². The molecule has 4 nitrogen and oxygen atoms in total. The lowest BCUT2D eigenvalue weighted by atomic mass is 9.99. The molecule has 0 aromatic heterocycles. The summed E-state index contributed by atoms with van der Waals surface area (Å²) < 4.78 is 0. The van der Waals surface area contributed by atoms with Crippen molar-refractivity contribution in [3.05, 3.63) is 65.4 Å². The summed E-state index contributed by atoms with van der Waals surface area (Å²) in [6, 6.07) is 14.8. The Morgan fingerprint density at radius 3 is 2.50 bits per heavy atom. The van der Waals surface area contributed by atoms with Crippen molar-refractivity contribution in [1.82, 2.24) is 0 Å². The zero-order valence-electron chi connectivity index (χ0n) is 15.8. The van der Waals surface area contributed by atoms with Crippen molar-refractivity contribution in [2.45, 2.75) is 38.7 Å². The fraction of sp³-hybridized carbons (Fsp3) is 0.273. The lowest BCUT2D eigenvalue weighted by Gasteiger charge is -2.35. The van der Waals surface area contributed by atoms with E-state index in [0.29, 0.717) is 5.17 Å². The summed E-state index contributed by atoms with van der Waals surface area (Å²) in [5.74, 6) is -0.943. The number of carbonyl (C=O) groups is 1. The van der Waals surface area contributed by atoms with Gasteiger partial charge in [0.15, 0.2) is 0 Å². The molecule has 0 saturated carbocycles. The minimum absolute atomic E-state index is 0.255. The number of alkyl halides is 1. The summed E-state index contributed by atoms with van der Waals surface area (Å²) in [7, 11) is 0. The number of aromatic carboxylic acids is 1. The first kappa shape index (κ1) is 20.4. The van der Waals surface area contributed by atoms with Crippen LogP contribution in [-0.4, -0.2) is 21.9 Å². The third-order valence-electron chi connectivity index (χ3n) is 4.84. The predicted molar refractivity (Wildman–Crippen MR) is 116 cm³/mol. The van der Waals surface area contributed by atoms with E-state index in [4.69, 9.17) is 28.3 Å². The Morgan fingerprint density at radius 1 is 1.18 bits per heavy atom. The Balaban J connectivity index is 2.09. The largest absolute Gasteiger partial charge is 0.478 e. The van der Waals surface area contributed by atoms with Crippen molar-refractivity contribution in [2.24, 2.45) is 4.99 Å². The van der Waals surface area contributed by atoms with Crippen molar-refractivity contribution < 1.29 is 9.90 Å². The standard InChI is InChI=1S/C22H22Cl2N2O2/c1-3-4-8-18-14(2)20(23)25-22(24)26(18)19-9-6-5-7-17(19)15-10-12-16(13-11-15)21(27)28/h5-7,9-13,22H,3-4,8H2,1-2H3,(H,27,28). The van der Waals surface area contributed by atoms with Crippen LogP contribution in [0.1, 0.15) is 43.5 Å². The monoisotopic (exact) mass is 416 g/mol. The number of allylic oxidation sites excluding steroid dienone is 2. The van der Waals surface area contributed by atoms with Crippen LogP contribution in [0.3, 0.4) is 0 Å². The number of unbranched alkanes of at least 4 members (excludes halogenated alkanes) is 1. The van der Waals surface area contributed by atoms with Crippen molar-refractivity contribution in [3.8, 4) is 11.1 Å². The van der Waals surface area contributed by atoms with E-state index in [9.17, 15) is 4.79 Å². The lowest BCUT2D eigenvalue weighted by molar-refractivity contribution is 0.0697. The van der Waals surface area contributed by atoms with Gasteiger partial charge < -0.3 is 10.0 Å². The number of anilines is 1. The van der Waals surface area contributed by atoms with Crippen molar-refractivity contribution in [1.29, 1.82) is 0 Å².